The van der Waals surface area contributed by atoms with Crippen LogP contribution < -0.4 is 15.1 Å². The fourth-order valence-electron chi connectivity index (χ4n) is 6.47. The van der Waals surface area contributed by atoms with Gasteiger partial charge < -0.3 is 24.4 Å². The number of hydrogen-bond acceptors (Lipinski definition) is 5. The number of aromatic nitrogens is 2. The van der Waals surface area contributed by atoms with Crippen LogP contribution in [0.25, 0.3) is 5.69 Å². The Hall–Kier alpha value is -3.88. The second-order valence-electron chi connectivity index (χ2n) is 11.3. The van der Waals surface area contributed by atoms with E-state index in [9.17, 15) is 4.79 Å². The predicted octanol–water partition coefficient (Wildman–Crippen LogP) is 6.97. The molecule has 4 atom stereocenters. The quantitative estimate of drug-likeness (QED) is 0.190. The van der Waals surface area contributed by atoms with Gasteiger partial charge in [0, 0.05) is 42.6 Å². The number of methoxy groups -OCH3 is 1. The molecule has 2 aliphatic rings. The normalized spacial score (nSPS) is 22.2. The minimum Gasteiger partial charge on any atom is -0.465 e. The Labute approximate surface area is 257 Å². The number of pyridine rings is 1. The number of nitrogens with zero attached hydrogens (tertiary/aromatic N) is 4. The summed E-state index contributed by atoms with van der Waals surface area (Å²) < 4.78 is 7.06. The fraction of sp³-hybridized carbons (Fsp3) is 0.303. The van der Waals surface area contributed by atoms with E-state index in [0.717, 1.165) is 41.5 Å². The molecule has 0 aliphatic carbocycles. The van der Waals surface area contributed by atoms with Gasteiger partial charge in [0.2, 0.25) is 0 Å². The Bertz CT molecular complexity index is 1600. The molecule has 2 aliphatic heterocycles. The lowest BCUT2D eigenvalue weighted by atomic mass is 9.91. The third-order valence-corrected chi connectivity index (χ3v) is 8.76. The van der Waals surface area contributed by atoms with Gasteiger partial charge in [0.15, 0.2) is 5.11 Å². The first kappa shape index (κ1) is 28.2. The molecular formula is C33H34ClN5O2S. The Morgan fingerprint density at radius 1 is 1.00 bits per heavy atom. The fourth-order valence-corrected chi connectivity index (χ4v) is 7.11. The number of carbonyl (C=O) groups is 1. The van der Waals surface area contributed by atoms with Crippen molar-refractivity contribution in [1.82, 2.24) is 14.9 Å². The highest BCUT2D eigenvalue weighted by atomic mass is 35.5. The number of nitrogens with one attached hydrogen (secondary N) is 1. The number of thiocarbonyl (C=S) groups is 1. The van der Waals surface area contributed by atoms with E-state index in [-0.39, 0.29) is 18.1 Å². The van der Waals surface area contributed by atoms with Crippen LogP contribution in [0, 0.1) is 11.8 Å². The minimum atomic E-state index is -0.380. The second-order valence-corrected chi connectivity index (χ2v) is 12.1. The van der Waals surface area contributed by atoms with E-state index in [4.69, 9.17) is 28.6 Å². The molecule has 216 valence electrons. The van der Waals surface area contributed by atoms with E-state index in [0.29, 0.717) is 27.5 Å². The molecule has 6 rings (SSSR count). The van der Waals surface area contributed by atoms with Gasteiger partial charge in [0.05, 0.1) is 35.1 Å². The number of esters is 1. The first-order valence-corrected chi connectivity index (χ1v) is 15.0. The Balaban J connectivity index is 1.43. The Morgan fingerprint density at radius 3 is 2.52 bits per heavy atom. The maximum atomic E-state index is 12.3. The zero-order valence-corrected chi connectivity index (χ0v) is 25.5. The van der Waals surface area contributed by atoms with Crippen LogP contribution in [0.5, 0.6) is 0 Å². The zero-order valence-electron chi connectivity index (χ0n) is 23.9. The number of carbonyl (C=O) groups excluding carboxylic acids is 1. The largest absolute Gasteiger partial charge is 0.465 e. The molecule has 9 heteroatoms. The molecule has 4 aromatic rings. The third kappa shape index (κ3) is 5.37. The van der Waals surface area contributed by atoms with Crippen LogP contribution in [0.15, 0.2) is 85.2 Å². The summed E-state index contributed by atoms with van der Waals surface area (Å²) in [6, 6.07) is 23.2. The molecule has 2 fully saturated rings. The third-order valence-electron chi connectivity index (χ3n) is 8.15. The lowest BCUT2D eigenvalue weighted by Gasteiger charge is -2.37. The molecular weight excluding hydrogens is 566 g/mol. The smallest absolute Gasteiger partial charge is 0.337 e. The summed E-state index contributed by atoms with van der Waals surface area (Å²) in [4.78, 5) is 21.5. The van der Waals surface area contributed by atoms with E-state index < -0.39 is 0 Å². The molecule has 2 saturated heterocycles. The molecule has 4 heterocycles. The monoisotopic (exact) mass is 599 g/mol. The lowest BCUT2D eigenvalue weighted by molar-refractivity contribution is 0.0600. The average Bonchev–Trinajstić information content (AvgIpc) is 3.61. The molecule has 2 aromatic heterocycles. The predicted molar refractivity (Wildman–Crippen MR) is 172 cm³/mol. The van der Waals surface area contributed by atoms with Crippen molar-refractivity contribution in [3.8, 4) is 5.69 Å². The Kier molecular flexibility index (Phi) is 7.92. The molecule has 0 bridgehead atoms. The van der Waals surface area contributed by atoms with E-state index in [2.05, 4.69) is 56.7 Å². The first-order valence-electron chi connectivity index (χ1n) is 14.2. The summed E-state index contributed by atoms with van der Waals surface area (Å²) in [6.07, 6.45) is 5.03. The summed E-state index contributed by atoms with van der Waals surface area (Å²) >= 11 is 13.0. The van der Waals surface area contributed by atoms with Crippen molar-refractivity contribution >= 4 is 46.3 Å². The van der Waals surface area contributed by atoms with Crippen molar-refractivity contribution in [2.24, 2.45) is 11.8 Å². The number of ether oxygens (including phenoxy) is 1. The molecule has 2 aromatic carbocycles. The molecule has 0 spiro atoms. The summed E-state index contributed by atoms with van der Waals surface area (Å²) in [7, 11) is 1.39. The van der Waals surface area contributed by atoms with E-state index in [1.807, 2.05) is 54.7 Å². The average molecular weight is 600 g/mol. The van der Waals surface area contributed by atoms with Gasteiger partial charge in [0.25, 0.3) is 0 Å². The number of piperidine rings is 1. The van der Waals surface area contributed by atoms with Crippen molar-refractivity contribution in [3.63, 3.8) is 0 Å². The summed E-state index contributed by atoms with van der Waals surface area (Å²) in [5.41, 5.74) is 5.15. The maximum Gasteiger partial charge on any atom is 0.337 e. The minimum absolute atomic E-state index is 0.224. The number of hydrogen-bond donors (Lipinski definition) is 1. The van der Waals surface area contributed by atoms with Gasteiger partial charge in [-0.25, -0.2) is 4.79 Å². The zero-order chi connectivity index (χ0) is 29.4. The number of benzene rings is 2. The van der Waals surface area contributed by atoms with Crippen LogP contribution in [-0.4, -0.2) is 40.8 Å². The Morgan fingerprint density at radius 2 is 1.81 bits per heavy atom. The second kappa shape index (κ2) is 11.8. The van der Waals surface area contributed by atoms with Gasteiger partial charge >= 0.3 is 5.97 Å². The van der Waals surface area contributed by atoms with Crippen molar-refractivity contribution in [2.75, 3.05) is 30.0 Å². The lowest BCUT2D eigenvalue weighted by Crippen LogP contribution is -2.38. The first-order chi connectivity index (χ1) is 20.3. The van der Waals surface area contributed by atoms with Gasteiger partial charge in [-0.1, -0.05) is 37.6 Å². The van der Waals surface area contributed by atoms with Gasteiger partial charge in [-0.3, -0.25) is 4.98 Å². The highest BCUT2D eigenvalue weighted by Gasteiger charge is 2.42. The molecule has 1 N–H and O–H groups in total. The molecule has 0 radical (unpaired) electrons. The number of rotatable bonds is 6. The van der Waals surface area contributed by atoms with Crippen molar-refractivity contribution in [3.05, 3.63) is 107 Å². The van der Waals surface area contributed by atoms with Crippen LogP contribution >= 0.6 is 23.8 Å². The van der Waals surface area contributed by atoms with Crippen molar-refractivity contribution < 1.29 is 9.53 Å². The van der Waals surface area contributed by atoms with Gasteiger partial charge in [-0.05, 0) is 91.1 Å². The van der Waals surface area contributed by atoms with Crippen LogP contribution in [0.2, 0.25) is 5.02 Å². The highest BCUT2D eigenvalue weighted by Crippen LogP contribution is 2.44. The standard InChI is InChI=1S/C33H34ClN5O2S/c1-21-16-22(2)20-37(19-21)28-13-12-25(18-26(28)34)39-31(30(36-33(39)42)27-10-4-5-14-35-27)29-11-7-15-38(29)24-9-6-8-23(17-24)32(40)41-3/h4-15,17-18,21-22,30-31H,16,19-20H2,1-3H3,(H,36,42)/t21-,22+,30-,31+/m0/s1. The van der Waals surface area contributed by atoms with Crippen molar-refractivity contribution in [2.45, 2.75) is 32.4 Å². The SMILES string of the molecule is COC(=O)c1cccc(-n2cccc2[C@@H]2[C@H](c3ccccn3)NC(=S)N2c2ccc(N3C[C@H](C)C[C@H](C)C3)c(Cl)c2)c1. The summed E-state index contributed by atoms with van der Waals surface area (Å²) in [5.74, 6) is 0.858. The number of anilines is 2. The molecule has 42 heavy (non-hydrogen) atoms. The summed E-state index contributed by atoms with van der Waals surface area (Å²) in [5, 5.41) is 4.84. The summed E-state index contributed by atoms with van der Waals surface area (Å²) in [6.45, 7) is 6.60. The number of halogens is 1. The van der Waals surface area contributed by atoms with Crippen LogP contribution in [0.3, 0.4) is 0 Å². The molecule has 0 amide bonds. The highest BCUT2D eigenvalue weighted by molar-refractivity contribution is 7.80. The van der Waals surface area contributed by atoms with E-state index in [1.165, 1.54) is 13.5 Å². The van der Waals surface area contributed by atoms with Crippen LogP contribution in [0.4, 0.5) is 11.4 Å². The van der Waals surface area contributed by atoms with E-state index >= 15 is 0 Å². The van der Waals surface area contributed by atoms with Crippen LogP contribution in [-0.2, 0) is 4.74 Å². The van der Waals surface area contributed by atoms with Gasteiger partial charge in [-0.15, -0.1) is 0 Å². The van der Waals surface area contributed by atoms with E-state index in [1.54, 1.807) is 12.3 Å². The van der Waals surface area contributed by atoms with Crippen LogP contribution in [0.1, 0.15) is 54.1 Å². The molecule has 0 saturated carbocycles. The molecule has 7 nitrogen and oxygen atoms in total. The van der Waals surface area contributed by atoms with Crippen molar-refractivity contribution in [1.29, 1.82) is 0 Å². The van der Waals surface area contributed by atoms with Gasteiger partial charge in [0.1, 0.15) is 6.04 Å². The van der Waals surface area contributed by atoms with Gasteiger partial charge in [-0.2, -0.15) is 0 Å². The molecule has 0 unspecified atom stereocenters. The maximum absolute atomic E-state index is 12.3. The topological polar surface area (TPSA) is 62.6 Å².